The second-order valence-corrected chi connectivity index (χ2v) is 4.23. The van der Waals surface area contributed by atoms with Crippen LogP contribution in [0, 0.1) is 0 Å². The molecule has 6 heteroatoms. The van der Waals surface area contributed by atoms with E-state index in [1.165, 1.54) is 6.07 Å². The van der Waals surface area contributed by atoms with E-state index < -0.39 is 7.82 Å². The van der Waals surface area contributed by atoms with Gasteiger partial charge in [0.2, 0.25) is 0 Å². The molecular weight excluding hydrogens is 231 g/mol. The van der Waals surface area contributed by atoms with E-state index in [1.807, 2.05) is 30.3 Å². The van der Waals surface area contributed by atoms with Crippen LogP contribution in [0.5, 0.6) is 5.95 Å². The van der Waals surface area contributed by atoms with E-state index in [1.54, 1.807) is 6.07 Å². The normalized spacial score (nSPS) is 11.4. The summed E-state index contributed by atoms with van der Waals surface area (Å²) in [5.41, 5.74) is 0.808. The van der Waals surface area contributed by atoms with Crippen molar-refractivity contribution in [2.24, 2.45) is 0 Å². The van der Waals surface area contributed by atoms with E-state index >= 15 is 0 Å². The predicted molar refractivity (Wildman–Crippen MR) is 56.8 cm³/mol. The van der Waals surface area contributed by atoms with E-state index in [4.69, 9.17) is 14.2 Å². The lowest BCUT2D eigenvalue weighted by Gasteiger charge is -2.02. The highest BCUT2D eigenvalue weighted by atomic mass is 31.2. The van der Waals surface area contributed by atoms with Crippen molar-refractivity contribution in [3.63, 3.8) is 0 Å². The van der Waals surface area contributed by atoms with E-state index in [0.717, 1.165) is 5.56 Å². The van der Waals surface area contributed by atoms with Crippen LogP contribution in [0.4, 0.5) is 0 Å². The minimum atomic E-state index is -4.56. The first-order valence-corrected chi connectivity index (χ1v) is 5.98. The Morgan fingerprint density at radius 3 is 2.38 bits per heavy atom. The van der Waals surface area contributed by atoms with Crippen LogP contribution in [0.1, 0.15) is 0 Å². The summed E-state index contributed by atoms with van der Waals surface area (Å²) in [6, 6.07) is 12.1. The first-order chi connectivity index (χ1) is 7.54. The number of phosphoric ester groups is 1. The van der Waals surface area contributed by atoms with Crippen LogP contribution in [0.3, 0.4) is 0 Å². The zero-order valence-corrected chi connectivity index (χ0v) is 9.00. The number of hydrogen-bond acceptors (Lipinski definition) is 3. The first-order valence-electron chi connectivity index (χ1n) is 4.45. The average molecular weight is 240 g/mol. The van der Waals surface area contributed by atoms with E-state index in [0.29, 0.717) is 5.76 Å². The lowest BCUT2D eigenvalue weighted by Crippen LogP contribution is -1.87. The van der Waals surface area contributed by atoms with Crippen molar-refractivity contribution in [2.75, 3.05) is 0 Å². The molecule has 0 aliphatic heterocycles. The molecule has 0 spiro atoms. The molecule has 5 nitrogen and oxygen atoms in total. The fourth-order valence-electron chi connectivity index (χ4n) is 1.24. The number of hydrogen-bond donors (Lipinski definition) is 2. The van der Waals surface area contributed by atoms with Crippen LogP contribution in [-0.2, 0) is 4.57 Å². The van der Waals surface area contributed by atoms with Gasteiger partial charge in [-0.2, -0.15) is 0 Å². The van der Waals surface area contributed by atoms with Gasteiger partial charge in [-0.1, -0.05) is 30.3 Å². The summed E-state index contributed by atoms with van der Waals surface area (Å²) in [5.74, 6) is 0.288. The highest BCUT2D eigenvalue weighted by molar-refractivity contribution is 7.46. The van der Waals surface area contributed by atoms with Crippen molar-refractivity contribution < 1.29 is 23.3 Å². The summed E-state index contributed by atoms with van der Waals surface area (Å²) in [4.78, 5) is 17.2. The van der Waals surface area contributed by atoms with Crippen LogP contribution in [0.25, 0.3) is 11.3 Å². The van der Waals surface area contributed by atoms with Crippen molar-refractivity contribution in [1.29, 1.82) is 0 Å². The quantitative estimate of drug-likeness (QED) is 0.805. The lowest BCUT2D eigenvalue weighted by atomic mass is 10.2. The molecule has 16 heavy (non-hydrogen) atoms. The van der Waals surface area contributed by atoms with E-state index in [2.05, 4.69) is 4.52 Å². The van der Waals surface area contributed by atoms with Gasteiger partial charge in [0.25, 0.3) is 5.95 Å². The van der Waals surface area contributed by atoms with Gasteiger partial charge in [-0.25, -0.2) is 4.57 Å². The topological polar surface area (TPSA) is 79.9 Å². The zero-order chi connectivity index (χ0) is 11.6. The molecule has 1 aromatic heterocycles. The van der Waals surface area contributed by atoms with Gasteiger partial charge in [0.1, 0.15) is 5.76 Å². The third kappa shape index (κ3) is 2.73. The van der Waals surface area contributed by atoms with Crippen molar-refractivity contribution in [3.8, 4) is 17.3 Å². The number of furan rings is 1. The third-order valence-corrected chi connectivity index (χ3v) is 2.27. The molecule has 2 rings (SSSR count). The maximum absolute atomic E-state index is 10.6. The minimum Gasteiger partial charge on any atom is -0.425 e. The summed E-state index contributed by atoms with van der Waals surface area (Å²) in [6.07, 6.45) is 0. The molecule has 0 unspecified atom stereocenters. The smallest absolute Gasteiger partial charge is 0.425 e. The van der Waals surface area contributed by atoms with Gasteiger partial charge in [0.05, 0.1) is 0 Å². The lowest BCUT2D eigenvalue weighted by molar-refractivity contribution is 0.256. The Morgan fingerprint density at radius 2 is 1.75 bits per heavy atom. The zero-order valence-electron chi connectivity index (χ0n) is 8.11. The monoisotopic (exact) mass is 240 g/mol. The molecule has 1 aromatic carbocycles. The van der Waals surface area contributed by atoms with Crippen molar-refractivity contribution in [1.82, 2.24) is 0 Å². The van der Waals surface area contributed by atoms with E-state index in [-0.39, 0.29) is 5.95 Å². The van der Waals surface area contributed by atoms with Gasteiger partial charge >= 0.3 is 7.82 Å². The van der Waals surface area contributed by atoms with E-state index in [9.17, 15) is 4.57 Å². The summed E-state index contributed by atoms with van der Waals surface area (Å²) < 4.78 is 20.0. The third-order valence-electron chi connectivity index (χ3n) is 1.85. The molecule has 0 aliphatic carbocycles. The fourth-order valence-corrected chi connectivity index (χ4v) is 1.58. The molecule has 84 valence electrons. The van der Waals surface area contributed by atoms with Gasteiger partial charge in [-0.15, -0.1) is 0 Å². The molecule has 0 amide bonds. The Morgan fingerprint density at radius 1 is 1.06 bits per heavy atom. The number of benzene rings is 1. The molecule has 2 aromatic rings. The molecule has 0 radical (unpaired) electrons. The Bertz CT molecular complexity index is 513. The summed E-state index contributed by atoms with van der Waals surface area (Å²) >= 11 is 0. The van der Waals surface area contributed by atoms with Crippen LogP contribution in [-0.4, -0.2) is 9.79 Å². The number of phosphoric acid groups is 1. The summed E-state index contributed by atoms with van der Waals surface area (Å²) in [7, 11) is -4.56. The molecule has 0 aliphatic rings. The SMILES string of the molecule is O=P(O)(O)Oc1ccc(-c2ccccc2)o1. The number of rotatable bonds is 3. The first kappa shape index (κ1) is 11.0. The highest BCUT2D eigenvalue weighted by Crippen LogP contribution is 2.39. The Kier molecular flexibility index (Phi) is 2.83. The molecule has 0 atom stereocenters. The summed E-state index contributed by atoms with van der Waals surface area (Å²) in [6.45, 7) is 0. The Labute approximate surface area is 91.5 Å². The Balaban J connectivity index is 2.24. The van der Waals surface area contributed by atoms with Crippen molar-refractivity contribution >= 4 is 7.82 Å². The standard InChI is InChI=1S/C10H9O5P/c11-16(12,13)15-10-7-6-9(14-10)8-4-2-1-3-5-8/h1-7H,(H2,11,12,13). The van der Waals surface area contributed by atoms with Crippen LogP contribution >= 0.6 is 7.82 Å². The van der Waals surface area contributed by atoms with Crippen LogP contribution in [0.2, 0.25) is 0 Å². The maximum atomic E-state index is 10.6. The molecule has 2 N–H and O–H groups in total. The van der Waals surface area contributed by atoms with Gasteiger partial charge in [-0.05, 0) is 6.07 Å². The molecular formula is C10H9O5P. The second-order valence-electron chi connectivity index (χ2n) is 3.07. The van der Waals surface area contributed by atoms with Gasteiger partial charge < -0.3 is 8.94 Å². The molecule has 0 saturated heterocycles. The summed E-state index contributed by atoms with van der Waals surface area (Å²) in [5, 5.41) is 0. The largest absolute Gasteiger partial charge is 0.527 e. The molecule has 0 fully saturated rings. The Hall–Kier alpha value is -1.55. The minimum absolute atomic E-state index is 0.202. The molecule has 0 bridgehead atoms. The van der Waals surface area contributed by atoms with Crippen LogP contribution in [0.15, 0.2) is 46.9 Å². The molecule has 1 heterocycles. The van der Waals surface area contributed by atoms with Crippen LogP contribution < -0.4 is 4.52 Å². The van der Waals surface area contributed by atoms with Crippen molar-refractivity contribution in [3.05, 3.63) is 42.5 Å². The molecule has 0 saturated carbocycles. The van der Waals surface area contributed by atoms with Gasteiger partial charge in [0, 0.05) is 11.6 Å². The second kappa shape index (κ2) is 4.14. The van der Waals surface area contributed by atoms with Gasteiger partial charge in [-0.3, -0.25) is 9.79 Å². The predicted octanol–water partition coefficient (Wildman–Crippen LogP) is 2.42. The fraction of sp³-hybridized carbons (Fsp3) is 0. The highest BCUT2D eigenvalue weighted by Gasteiger charge is 2.18. The average Bonchev–Trinajstić information content (AvgIpc) is 2.65. The van der Waals surface area contributed by atoms with Gasteiger partial charge in [0.15, 0.2) is 0 Å². The van der Waals surface area contributed by atoms with Crippen molar-refractivity contribution in [2.45, 2.75) is 0 Å². The maximum Gasteiger partial charge on any atom is 0.527 e.